The van der Waals surface area contributed by atoms with Crippen LogP contribution in [0.3, 0.4) is 0 Å². The van der Waals surface area contributed by atoms with Crippen molar-refractivity contribution in [2.75, 3.05) is 13.2 Å². The molecule has 1 aliphatic heterocycles. The van der Waals surface area contributed by atoms with E-state index in [1.54, 1.807) is 25.7 Å². The molecule has 0 unspecified atom stereocenters. The van der Waals surface area contributed by atoms with Gasteiger partial charge in [0.2, 0.25) is 5.91 Å². The maximum Gasteiger partial charge on any atom is 0.329 e. The zero-order valence-electron chi connectivity index (χ0n) is 20.2. The Balaban J connectivity index is 1.75. The minimum atomic E-state index is -0.697. The number of amides is 1. The quantitative estimate of drug-likeness (QED) is 0.542. The summed E-state index contributed by atoms with van der Waals surface area (Å²) in [6.45, 7) is 6.06. The van der Waals surface area contributed by atoms with Gasteiger partial charge in [-0.25, -0.2) is 4.79 Å². The molecule has 3 atom stereocenters. The summed E-state index contributed by atoms with van der Waals surface area (Å²) >= 11 is 0. The number of carbonyl (C=O) groups is 3. The molecule has 0 saturated heterocycles. The van der Waals surface area contributed by atoms with Crippen molar-refractivity contribution in [3.05, 3.63) is 71.3 Å². The molecule has 1 N–H and O–H groups in total. The molecule has 3 rings (SSSR count). The van der Waals surface area contributed by atoms with Gasteiger partial charge in [0.15, 0.2) is 0 Å². The predicted molar refractivity (Wildman–Crippen MR) is 129 cm³/mol. The molecule has 0 radical (unpaired) electrons. The summed E-state index contributed by atoms with van der Waals surface area (Å²) in [5.41, 5.74) is 3.15. The molecule has 0 aromatic heterocycles. The first-order valence-electron chi connectivity index (χ1n) is 11.9. The largest absolute Gasteiger partial charge is 0.465 e. The van der Waals surface area contributed by atoms with Crippen molar-refractivity contribution in [1.29, 1.82) is 0 Å². The standard InChI is InChI=1S/C27H34N2O5/c1-4-33-26(31)23(16-15-20-11-7-6-8-12-20)28-19(3)25(30)29-18-22-14-10-9-13-21(22)17-24(29)27(32)34-5-2/h6-14,19,23-24,28H,4-5,15-18H2,1-3H3/t19-,23-,24-/m0/s1. The van der Waals surface area contributed by atoms with Crippen molar-refractivity contribution in [1.82, 2.24) is 10.2 Å². The summed E-state index contributed by atoms with van der Waals surface area (Å²) in [6, 6.07) is 15.6. The molecule has 2 aromatic rings. The van der Waals surface area contributed by atoms with Crippen LogP contribution >= 0.6 is 0 Å². The lowest BCUT2D eigenvalue weighted by Gasteiger charge is -2.37. The molecule has 7 heteroatoms. The van der Waals surface area contributed by atoms with Crippen molar-refractivity contribution in [3.8, 4) is 0 Å². The van der Waals surface area contributed by atoms with Gasteiger partial charge in [0.1, 0.15) is 12.1 Å². The van der Waals surface area contributed by atoms with E-state index in [-0.39, 0.29) is 25.1 Å². The van der Waals surface area contributed by atoms with E-state index in [4.69, 9.17) is 9.47 Å². The lowest BCUT2D eigenvalue weighted by molar-refractivity contribution is -0.157. The summed E-state index contributed by atoms with van der Waals surface area (Å²) < 4.78 is 10.5. The molecule has 7 nitrogen and oxygen atoms in total. The Morgan fingerprint density at radius 1 is 0.971 bits per heavy atom. The molecule has 0 bridgehead atoms. The van der Waals surface area contributed by atoms with Gasteiger partial charge in [-0.3, -0.25) is 14.9 Å². The third-order valence-corrected chi connectivity index (χ3v) is 6.05. The van der Waals surface area contributed by atoms with Crippen LogP contribution in [0.15, 0.2) is 54.6 Å². The van der Waals surface area contributed by atoms with E-state index in [2.05, 4.69) is 5.32 Å². The van der Waals surface area contributed by atoms with Crippen LogP contribution < -0.4 is 5.32 Å². The van der Waals surface area contributed by atoms with Crippen LogP contribution in [0, 0.1) is 0 Å². The van der Waals surface area contributed by atoms with Gasteiger partial charge in [-0.1, -0.05) is 54.6 Å². The second-order valence-electron chi connectivity index (χ2n) is 8.42. The van der Waals surface area contributed by atoms with Gasteiger partial charge in [0, 0.05) is 13.0 Å². The summed E-state index contributed by atoms with van der Waals surface area (Å²) in [5.74, 6) is -1.05. The van der Waals surface area contributed by atoms with Crippen molar-refractivity contribution < 1.29 is 23.9 Å². The zero-order valence-corrected chi connectivity index (χ0v) is 20.2. The van der Waals surface area contributed by atoms with Gasteiger partial charge in [-0.15, -0.1) is 0 Å². The summed E-state index contributed by atoms with van der Waals surface area (Å²) in [7, 11) is 0. The van der Waals surface area contributed by atoms with Gasteiger partial charge in [-0.05, 0) is 50.3 Å². The van der Waals surface area contributed by atoms with Gasteiger partial charge in [-0.2, -0.15) is 0 Å². The van der Waals surface area contributed by atoms with Crippen molar-refractivity contribution in [2.45, 2.75) is 64.7 Å². The highest BCUT2D eigenvalue weighted by Gasteiger charge is 2.38. The monoisotopic (exact) mass is 466 g/mol. The fourth-order valence-electron chi connectivity index (χ4n) is 4.29. The first-order valence-corrected chi connectivity index (χ1v) is 11.9. The van der Waals surface area contributed by atoms with Crippen LogP contribution in [0.4, 0.5) is 0 Å². The Hall–Kier alpha value is -3.19. The molecule has 182 valence electrons. The van der Waals surface area contributed by atoms with Crippen LogP contribution in [0.2, 0.25) is 0 Å². The van der Waals surface area contributed by atoms with Crippen molar-refractivity contribution in [3.63, 3.8) is 0 Å². The Morgan fingerprint density at radius 2 is 1.62 bits per heavy atom. The van der Waals surface area contributed by atoms with Gasteiger partial charge in [0.05, 0.1) is 19.3 Å². The fourth-order valence-corrected chi connectivity index (χ4v) is 4.29. The lowest BCUT2D eigenvalue weighted by Crippen LogP contribution is -2.56. The SMILES string of the molecule is CCOC(=O)[C@H](CCc1ccccc1)N[C@@H](C)C(=O)N1Cc2ccccc2C[C@H]1C(=O)OCC. The van der Waals surface area contributed by atoms with E-state index in [1.807, 2.05) is 54.6 Å². The fraction of sp³-hybridized carbons (Fsp3) is 0.444. The highest BCUT2D eigenvalue weighted by atomic mass is 16.5. The second-order valence-corrected chi connectivity index (χ2v) is 8.42. The molecule has 0 aliphatic carbocycles. The minimum absolute atomic E-state index is 0.247. The summed E-state index contributed by atoms with van der Waals surface area (Å²) in [6.07, 6.45) is 1.56. The average Bonchev–Trinajstić information content (AvgIpc) is 2.86. The van der Waals surface area contributed by atoms with Crippen LogP contribution in [0.25, 0.3) is 0 Å². The topological polar surface area (TPSA) is 84.9 Å². The van der Waals surface area contributed by atoms with E-state index < -0.39 is 24.1 Å². The Labute approximate surface area is 201 Å². The third-order valence-electron chi connectivity index (χ3n) is 6.05. The number of carbonyl (C=O) groups excluding carboxylic acids is 3. The number of rotatable bonds is 10. The number of benzene rings is 2. The number of nitrogens with one attached hydrogen (secondary N) is 1. The summed E-state index contributed by atoms with van der Waals surface area (Å²) in [5, 5.41) is 3.17. The van der Waals surface area contributed by atoms with Crippen molar-refractivity contribution >= 4 is 17.8 Å². The Morgan fingerprint density at radius 3 is 2.29 bits per heavy atom. The number of nitrogens with zero attached hydrogens (tertiary/aromatic N) is 1. The number of hydrogen-bond acceptors (Lipinski definition) is 6. The molecular formula is C27H34N2O5. The molecule has 1 amide bonds. The highest BCUT2D eigenvalue weighted by Crippen LogP contribution is 2.25. The average molecular weight is 467 g/mol. The molecule has 0 saturated carbocycles. The van der Waals surface area contributed by atoms with Gasteiger partial charge < -0.3 is 14.4 Å². The van der Waals surface area contributed by atoms with Gasteiger partial charge >= 0.3 is 11.9 Å². The molecule has 1 aliphatic rings. The molecule has 34 heavy (non-hydrogen) atoms. The van der Waals surface area contributed by atoms with Crippen LogP contribution in [0.5, 0.6) is 0 Å². The maximum absolute atomic E-state index is 13.5. The Kier molecular flexibility index (Phi) is 9.22. The first kappa shape index (κ1) is 25.4. The molecular weight excluding hydrogens is 432 g/mol. The van der Waals surface area contributed by atoms with Crippen LogP contribution in [0.1, 0.15) is 43.9 Å². The van der Waals surface area contributed by atoms with Crippen LogP contribution in [-0.2, 0) is 43.2 Å². The summed E-state index contributed by atoms with van der Waals surface area (Å²) in [4.78, 5) is 40.4. The smallest absolute Gasteiger partial charge is 0.329 e. The van der Waals surface area contributed by atoms with E-state index >= 15 is 0 Å². The van der Waals surface area contributed by atoms with E-state index in [0.29, 0.717) is 25.8 Å². The molecule has 2 aromatic carbocycles. The predicted octanol–water partition coefficient (Wildman–Crippen LogP) is 3.05. The van der Waals surface area contributed by atoms with Crippen LogP contribution in [-0.4, -0.2) is 54.1 Å². The number of hydrogen-bond donors (Lipinski definition) is 1. The number of esters is 2. The minimum Gasteiger partial charge on any atom is -0.465 e. The molecule has 1 heterocycles. The van der Waals surface area contributed by atoms with E-state index in [1.165, 1.54) is 0 Å². The zero-order chi connectivity index (χ0) is 24.5. The van der Waals surface area contributed by atoms with E-state index in [9.17, 15) is 14.4 Å². The normalized spacial score (nSPS) is 16.8. The molecule has 0 fully saturated rings. The van der Waals surface area contributed by atoms with Crippen molar-refractivity contribution in [2.24, 2.45) is 0 Å². The number of aryl methyl sites for hydroxylation is 1. The van der Waals surface area contributed by atoms with Gasteiger partial charge in [0.25, 0.3) is 0 Å². The number of fused-ring (bicyclic) bond motifs is 1. The molecule has 0 spiro atoms. The third kappa shape index (κ3) is 6.44. The lowest BCUT2D eigenvalue weighted by atomic mass is 9.93. The van der Waals surface area contributed by atoms with E-state index in [0.717, 1.165) is 16.7 Å². The Bertz CT molecular complexity index is 978. The number of ether oxygens (including phenoxy) is 2. The first-order chi connectivity index (χ1) is 16.4. The highest BCUT2D eigenvalue weighted by molar-refractivity contribution is 5.88. The maximum atomic E-state index is 13.5. The second kappa shape index (κ2) is 12.3.